The molecule has 128 valence electrons. The Morgan fingerprint density at radius 2 is 1.60 bits per heavy atom. The van der Waals surface area contributed by atoms with E-state index in [1.54, 1.807) is 0 Å². The molecule has 1 aromatic carbocycles. The van der Waals surface area contributed by atoms with Gasteiger partial charge < -0.3 is 4.74 Å². The normalized spacial score (nSPS) is 10.0. The standard InChI is InChI=1S/C20H22N4O/c1-2-3-4-5-6-7-12-25-17-10-8-16(9-11-17)20-15-23-18(13-21)19(14-22)24-20/h8-11,15H,2-7,12H2,1H3. The smallest absolute Gasteiger partial charge is 0.177 e. The zero-order valence-corrected chi connectivity index (χ0v) is 14.5. The summed E-state index contributed by atoms with van der Waals surface area (Å²) in [4.78, 5) is 8.17. The van der Waals surface area contributed by atoms with Crippen LogP contribution in [0.2, 0.25) is 0 Å². The third kappa shape index (κ3) is 5.58. The van der Waals surface area contributed by atoms with Crippen LogP contribution in [0.1, 0.15) is 56.8 Å². The summed E-state index contributed by atoms with van der Waals surface area (Å²) in [7, 11) is 0. The fourth-order valence-electron chi connectivity index (χ4n) is 2.48. The van der Waals surface area contributed by atoms with Crippen molar-refractivity contribution in [3.63, 3.8) is 0 Å². The second-order valence-corrected chi connectivity index (χ2v) is 5.82. The zero-order chi connectivity index (χ0) is 17.9. The Balaban J connectivity index is 1.88. The van der Waals surface area contributed by atoms with Crippen molar-refractivity contribution in [3.8, 4) is 29.1 Å². The number of hydrogen-bond donors (Lipinski definition) is 0. The van der Waals surface area contributed by atoms with Gasteiger partial charge in [0.25, 0.3) is 0 Å². The van der Waals surface area contributed by atoms with Gasteiger partial charge >= 0.3 is 0 Å². The molecule has 0 aliphatic carbocycles. The van der Waals surface area contributed by atoms with Crippen LogP contribution in [0.3, 0.4) is 0 Å². The molecule has 0 N–H and O–H groups in total. The Hall–Kier alpha value is -2.92. The van der Waals surface area contributed by atoms with Crippen LogP contribution in [0.4, 0.5) is 0 Å². The van der Waals surface area contributed by atoms with Crippen LogP contribution in [0, 0.1) is 22.7 Å². The number of aromatic nitrogens is 2. The van der Waals surface area contributed by atoms with Crippen molar-refractivity contribution in [1.29, 1.82) is 10.5 Å². The van der Waals surface area contributed by atoms with Crippen molar-refractivity contribution in [2.45, 2.75) is 45.4 Å². The average Bonchev–Trinajstić information content (AvgIpc) is 2.67. The van der Waals surface area contributed by atoms with E-state index < -0.39 is 0 Å². The first-order valence-corrected chi connectivity index (χ1v) is 8.69. The van der Waals surface area contributed by atoms with E-state index in [-0.39, 0.29) is 11.4 Å². The molecule has 0 bridgehead atoms. The van der Waals surface area contributed by atoms with Crippen molar-refractivity contribution in [1.82, 2.24) is 9.97 Å². The van der Waals surface area contributed by atoms with Crippen LogP contribution < -0.4 is 4.74 Å². The highest BCUT2D eigenvalue weighted by Gasteiger charge is 2.08. The maximum atomic E-state index is 9.03. The Kier molecular flexibility index (Phi) is 7.41. The maximum Gasteiger partial charge on any atom is 0.177 e. The van der Waals surface area contributed by atoms with Gasteiger partial charge in [0.15, 0.2) is 11.4 Å². The predicted molar refractivity (Wildman–Crippen MR) is 95.8 cm³/mol. The fraction of sp³-hybridized carbons (Fsp3) is 0.400. The highest BCUT2D eigenvalue weighted by Crippen LogP contribution is 2.21. The van der Waals surface area contributed by atoms with Gasteiger partial charge in [-0.05, 0) is 30.7 Å². The predicted octanol–water partition coefficient (Wildman–Crippen LogP) is 4.63. The molecule has 5 nitrogen and oxygen atoms in total. The summed E-state index contributed by atoms with van der Waals surface area (Å²) in [6.07, 6.45) is 8.94. The minimum Gasteiger partial charge on any atom is -0.494 e. The van der Waals surface area contributed by atoms with Crippen LogP contribution in [0.15, 0.2) is 30.5 Å². The second kappa shape index (κ2) is 10.1. The number of nitriles is 2. The number of nitrogens with zero attached hydrogens (tertiary/aromatic N) is 4. The minimum absolute atomic E-state index is 0.0448. The largest absolute Gasteiger partial charge is 0.494 e. The van der Waals surface area contributed by atoms with E-state index in [4.69, 9.17) is 15.3 Å². The molecule has 2 rings (SSSR count). The van der Waals surface area contributed by atoms with Gasteiger partial charge in [-0.25, -0.2) is 9.97 Å². The van der Waals surface area contributed by atoms with Gasteiger partial charge in [0.2, 0.25) is 0 Å². The molecular formula is C20H22N4O. The maximum absolute atomic E-state index is 9.03. The summed E-state index contributed by atoms with van der Waals surface area (Å²) >= 11 is 0. The molecular weight excluding hydrogens is 312 g/mol. The lowest BCUT2D eigenvalue weighted by Crippen LogP contribution is -1.98. The van der Waals surface area contributed by atoms with E-state index >= 15 is 0 Å². The first-order valence-electron chi connectivity index (χ1n) is 8.69. The lowest BCUT2D eigenvalue weighted by molar-refractivity contribution is 0.304. The Labute approximate surface area is 148 Å². The number of rotatable bonds is 9. The van der Waals surface area contributed by atoms with Crippen molar-refractivity contribution >= 4 is 0 Å². The Bertz CT molecular complexity index is 757. The van der Waals surface area contributed by atoms with Gasteiger partial charge in [-0.1, -0.05) is 39.0 Å². The molecule has 0 unspecified atom stereocenters. The highest BCUT2D eigenvalue weighted by atomic mass is 16.5. The van der Waals surface area contributed by atoms with Crippen molar-refractivity contribution in [2.24, 2.45) is 0 Å². The molecule has 0 fully saturated rings. The van der Waals surface area contributed by atoms with Gasteiger partial charge in [-0.15, -0.1) is 0 Å². The first kappa shape index (κ1) is 18.4. The molecule has 2 aromatic rings. The quantitative estimate of drug-likeness (QED) is 0.624. The van der Waals surface area contributed by atoms with E-state index in [9.17, 15) is 0 Å². The van der Waals surface area contributed by atoms with Gasteiger partial charge in [0.05, 0.1) is 18.5 Å². The van der Waals surface area contributed by atoms with Gasteiger partial charge in [-0.2, -0.15) is 10.5 Å². The monoisotopic (exact) mass is 334 g/mol. The van der Waals surface area contributed by atoms with Crippen molar-refractivity contribution < 1.29 is 4.74 Å². The van der Waals surface area contributed by atoms with Crippen LogP contribution in [0.25, 0.3) is 11.3 Å². The van der Waals surface area contributed by atoms with Gasteiger partial charge in [0.1, 0.15) is 17.9 Å². The van der Waals surface area contributed by atoms with E-state index in [0.29, 0.717) is 5.69 Å². The molecule has 5 heteroatoms. The summed E-state index contributed by atoms with van der Waals surface area (Å²) in [5, 5.41) is 17.9. The minimum atomic E-state index is 0.0448. The number of ether oxygens (including phenoxy) is 1. The first-order chi connectivity index (χ1) is 12.3. The molecule has 0 saturated carbocycles. The molecule has 0 radical (unpaired) electrons. The van der Waals surface area contributed by atoms with Crippen LogP contribution in [-0.2, 0) is 0 Å². The molecule has 0 atom stereocenters. The van der Waals surface area contributed by atoms with Crippen LogP contribution >= 0.6 is 0 Å². The second-order valence-electron chi connectivity index (χ2n) is 5.82. The topological polar surface area (TPSA) is 82.6 Å². The third-order valence-electron chi connectivity index (χ3n) is 3.90. The molecule has 0 amide bonds. The molecule has 0 spiro atoms. The van der Waals surface area contributed by atoms with Crippen LogP contribution in [0.5, 0.6) is 5.75 Å². The van der Waals surface area contributed by atoms with E-state index in [2.05, 4.69) is 16.9 Å². The summed E-state index contributed by atoms with van der Waals surface area (Å²) in [6, 6.07) is 11.3. The molecule has 0 aliphatic rings. The van der Waals surface area contributed by atoms with E-state index in [1.165, 1.54) is 38.3 Å². The van der Waals surface area contributed by atoms with Crippen LogP contribution in [-0.4, -0.2) is 16.6 Å². The summed E-state index contributed by atoms with van der Waals surface area (Å²) < 4.78 is 5.75. The Morgan fingerprint density at radius 1 is 0.920 bits per heavy atom. The van der Waals surface area contributed by atoms with Crippen molar-refractivity contribution in [3.05, 3.63) is 41.9 Å². The van der Waals surface area contributed by atoms with E-state index in [0.717, 1.165) is 24.3 Å². The fourth-order valence-corrected chi connectivity index (χ4v) is 2.48. The molecule has 25 heavy (non-hydrogen) atoms. The van der Waals surface area contributed by atoms with E-state index in [1.807, 2.05) is 36.4 Å². The number of benzene rings is 1. The lowest BCUT2D eigenvalue weighted by Gasteiger charge is -2.07. The summed E-state index contributed by atoms with van der Waals surface area (Å²) in [5.74, 6) is 0.819. The average molecular weight is 334 g/mol. The zero-order valence-electron chi connectivity index (χ0n) is 14.5. The highest BCUT2D eigenvalue weighted by molar-refractivity contribution is 5.60. The number of unbranched alkanes of at least 4 members (excludes halogenated alkanes) is 5. The summed E-state index contributed by atoms with van der Waals surface area (Å²) in [6.45, 7) is 2.94. The van der Waals surface area contributed by atoms with Crippen molar-refractivity contribution in [2.75, 3.05) is 6.61 Å². The van der Waals surface area contributed by atoms with Gasteiger partial charge in [-0.3, -0.25) is 0 Å². The van der Waals surface area contributed by atoms with Gasteiger partial charge in [0, 0.05) is 5.56 Å². The Morgan fingerprint density at radius 3 is 2.28 bits per heavy atom. The number of hydrogen-bond acceptors (Lipinski definition) is 5. The SMILES string of the molecule is CCCCCCCCOc1ccc(-c2cnc(C#N)c(C#N)n2)cc1. The molecule has 1 aromatic heterocycles. The molecule has 1 heterocycles. The molecule has 0 saturated heterocycles. The molecule has 0 aliphatic heterocycles. The summed E-state index contributed by atoms with van der Waals surface area (Å²) in [5.41, 5.74) is 1.49. The third-order valence-corrected chi connectivity index (χ3v) is 3.90. The lowest BCUT2D eigenvalue weighted by atomic mass is 10.1.